The summed E-state index contributed by atoms with van der Waals surface area (Å²) in [4.78, 5) is 0.617. The Kier molecular flexibility index (Phi) is 1.94. The van der Waals surface area contributed by atoms with E-state index in [1.165, 1.54) is 23.7 Å². The Hall–Kier alpha value is 0.700. The van der Waals surface area contributed by atoms with Crippen molar-refractivity contribution in [3.8, 4) is 0 Å². The summed E-state index contributed by atoms with van der Waals surface area (Å²) in [5.41, 5.74) is 0. The molecule has 0 aliphatic heterocycles. The van der Waals surface area contributed by atoms with Crippen LogP contribution in [0.1, 0.15) is 19.3 Å². The van der Waals surface area contributed by atoms with Crippen molar-refractivity contribution in [1.82, 2.24) is 0 Å². The topological polar surface area (TPSA) is 0 Å². The summed E-state index contributed by atoms with van der Waals surface area (Å²) in [5.74, 6) is 1.79. The van der Waals surface area contributed by atoms with E-state index >= 15 is 0 Å². The number of hydrogen-bond acceptors (Lipinski definition) is 0. The second kappa shape index (κ2) is 2.63. The molecule has 0 aromatic carbocycles. The van der Waals surface area contributed by atoms with Crippen LogP contribution in [0, 0.1) is 11.8 Å². The Labute approximate surface area is 78.3 Å². The van der Waals surface area contributed by atoms with Crippen LogP contribution in [0.25, 0.3) is 0 Å². The van der Waals surface area contributed by atoms with Crippen LogP contribution in [0.15, 0.2) is 10.6 Å². The van der Waals surface area contributed by atoms with Crippen LogP contribution in [-0.4, -0.2) is 4.83 Å². The normalized spacial score (nSPS) is 45.4. The molecule has 2 aliphatic carbocycles. The molecule has 2 rings (SSSR count). The van der Waals surface area contributed by atoms with Gasteiger partial charge in [0.2, 0.25) is 0 Å². The molecule has 1 fully saturated rings. The molecular formula is C8H10Br2. The highest BCUT2D eigenvalue weighted by Gasteiger charge is 2.34. The Morgan fingerprint density at radius 3 is 3.00 bits per heavy atom. The summed E-state index contributed by atoms with van der Waals surface area (Å²) >= 11 is 7.28. The second-order valence-corrected chi connectivity index (χ2v) is 5.19. The van der Waals surface area contributed by atoms with Gasteiger partial charge in [-0.1, -0.05) is 37.9 Å². The van der Waals surface area contributed by atoms with Gasteiger partial charge in [0.05, 0.1) is 0 Å². The van der Waals surface area contributed by atoms with Crippen molar-refractivity contribution in [3.05, 3.63) is 10.6 Å². The Morgan fingerprint density at radius 1 is 1.40 bits per heavy atom. The van der Waals surface area contributed by atoms with Crippen LogP contribution >= 0.6 is 31.9 Å². The van der Waals surface area contributed by atoms with E-state index < -0.39 is 0 Å². The molecule has 0 nitrogen and oxygen atoms in total. The van der Waals surface area contributed by atoms with Gasteiger partial charge in [-0.05, 0) is 31.1 Å². The van der Waals surface area contributed by atoms with Crippen molar-refractivity contribution < 1.29 is 0 Å². The zero-order chi connectivity index (χ0) is 7.14. The first-order valence-electron chi connectivity index (χ1n) is 3.78. The fraction of sp³-hybridized carbons (Fsp3) is 0.750. The minimum absolute atomic E-state index is 0.617. The van der Waals surface area contributed by atoms with E-state index in [9.17, 15) is 0 Å². The van der Waals surface area contributed by atoms with Crippen LogP contribution in [0.2, 0.25) is 0 Å². The van der Waals surface area contributed by atoms with Crippen molar-refractivity contribution in [1.29, 1.82) is 0 Å². The van der Waals surface area contributed by atoms with Gasteiger partial charge in [0.15, 0.2) is 0 Å². The van der Waals surface area contributed by atoms with E-state index in [1.807, 2.05) is 0 Å². The summed E-state index contributed by atoms with van der Waals surface area (Å²) in [6, 6.07) is 0. The molecule has 0 spiro atoms. The molecular weight excluding hydrogens is 256 g/mol. The van der Waals surface area contributed by atoms with E-state index in [2.05, 4.69) is 37.9 Å². The molecule has 0 aromatic heterocycles. The molecule has 0 aromatic rings. The maximum absolute atomic E-state index is 3.69. The molecule has 0 amide bonds. The van der Waals surface area contributed by atoms with E-state index in [0.29, 0.717) is 4.83 Å². The maximum Gasteiger partial charge on any atom is 0.0486 e. The van der Waals surface area contributed by atoms with E-state index in [-0.39, 0.29) is 0 Å². The van der Waals surface area contributed by atoms with Gasteiger partial charge in [0.1, 0.15) is 0 Å². The summed E-state index contributed by atoms with van der Waals surface area (Å²) in [7, 11) is 0. The third-order valence-corrected chi connectivity index (χ3v) is 5.20. The molecule has 1 saturated carbocycles. The van der Waals surface area contributed by atoms with Crippen molar-refractivity contribution in [3.63, 3.8) is 0 Å². The molecule has 56 valence electrons. The summed E-state index contributed by atoms with van der Waals surface area (Å²) in [5, 5.41) is 0. The van der Waals surface area contributed by atoms with Gasteiger partial charge < -0.3 is 0 Å². The van der Waals surface area contributed by atoms with Gasteiger partial charge >= 0.3 is 0 Å². The van der Waals surface area contributed by atoms with Crippen LogP contribution < -0.4 is 0 Å². The average molecular weight is 266 g/mol. The highest BCUT2D eigenvalue weighted by atomic mass is 79.9. The summed E-state index contributed by atoms with van der Waals surface area (Å²) in [6.45, 7) is 0. The molecule has 10 heavy (non-hydrogen) atoms. The number of allylic oxidation sites excluding steroid dienone is 2. The second-order valence-electron chi connectivity index (χ2n) is 3.29. The van der Waals surface area contributed by atoms with Crippen molar-refractivity contribution in [2.24, 2.45) is 11.8 Å². The minimum atomic E-state index is 0.617. The average Bonchev–Trinajstić information content (AvgIpc) is 2.29. The molecule has 0 saturated heterocycles. The van der Waals surface area contributed by atoms with E-state index in [4.69, 9.17) is 0 Å². The monoisotopic (exact) mass is 264 g/mol. The third-order valence-electron chi connectivity index (χ3n) is 2.59. The number of alkyl halides is 1. The quantitative estimate of drug-likeness (QED) is 0.589. The van der Waals surface area contributed by atoms with Crippen LogP contribution in [0.4, 0.5) is 0 Å². The zero-order valence-corrected chi connectivity index (χ0v) is 8.86. The predicted octanol–water partition coefficient (Wildman–Crippen LogP) is 3.46. The number of hydrogen-bond donors (Lipinski definition) is 0. The van der Waals surface area contributed by atoms with Gasteiger partial charge in [-0.25, -0.2) is 0 Å². The van der Waals surface area contributed by atoms with Gasteiger partial charge in [0, 0.05) is 9.31 Å². The van der Waals surface area contributed by atoms with Gasteiger partial charge in [-0.3, -0.25) is 0 Å². The van der Waals surface area contributed by atoms with Crippen molar-refractivity contribution in [2.45, 2.75) is 24.1 Å². The van der Waals surface area contributed by atoms with E-state index in [0.717, 1.165) is 11.8 Å². The Morgan fingerprint density at radius 2 is 2.20 bits per heavy atom. The summed E-state index contributed by atoms with van der Waals surface area (Å²) in [6.07, 6.45) is 6.60. The molecule has 3 atom stereocenters. The molecule has 2 bridgehead atoms. The largest absolute Gasteiger partial charge is 0.0830 e. The SMILES string of the molecule is BrC1=C[C@H]2CC[C@@H](C2)[C@H]1Br. The maximum atomic E-state index is 3.69. The lowest BCUT2D eigenvalue weighted by molar-refractivity contribution is 0.532. The van der Waals surface area contributed by atoms with Crippen molar-refractivity contribution >= 4 is 31.9 Å². The van der Waals surface area contributed by atoms with E-state index in [1.54, 1.807) is 0 Å². The highest BCUT2D eigenvalue weighted by Crippen LogP contribution is 2.45. The Balaban J connectivity index is 2.25. The highest BCUT2D eigenvalue weighted by molar-refractivity contribution is 9.14. The first kappa shape index (κ1) is 7.35. The number of fused-ring (bicyclic) bond motifs is 2. The van der Waals surface area contributed by atoms with Crippen molar-refractivity contribution in [2.75, 3.05) is 0 Å². The van der Waals surface area contributed by atoms with Gasteiger partial charge in [-0.2, -0.15) is 0 Å². The standard InChI is InChI=1S/C8H10Br2/c9-7-4-5-1-2-6(3-5)8(7)10/h4-6,8H,1-3H2/t5-,6-,8+/m0/s1. The lowest BCUT2D eigenvalue weighted by Gasteiger charge is -2.21. The number of halogens is 2. The van der Waals surface area contributed by atoms with Crippen LogP contribution in [-0.2, 0) is 0 Å². The molecule has 0 radical (unpaired) electrons. The fourth-order valence-electron chi connectivity index (χ4n) is 2.01. The lowest BCUT2D eigenvalue weighted by Crippen LogP contribution is -2.15. The summed E-state index contributed by atoms with van der Waals surface area (Å²) < 4.78 is 1.38. The Bertz CT molecular complexity index is 174. The molecule has 0 unspecified atom stereocenters. The third kappa shape index (κ3) is 1.10. The van der Waals surface area contributed by atoms with Crippen LogP contribution in [0.3, 0.4) is 0 Å². The van der Waals surface area contributed by atoms with Gasteiger partial charge in [-0.15, -0.1) is 0 Å². The fourth-order valence-corrected chi connectivity index (χ4v) is 3.39. The molecule has 2 heteroatoms. The molecule has 0 N–H and O–H groups in total. The molecule has 2 aliphatic rings. The smallest absolute Gasteiger partial charge is 0.0486 e. The minimum Gasteiger partial charge on any atom is -0.0830 e. The predicted molar refractivity (Wildman–Crippen MR) is 50.6 cm³/mol. The van der Waals surface area contributed by atoms with Crippen LogP contribution in [0.5, 0.6) is 0 Å². The lowest BCUT2D eigenvalue weighted by atomic mass is 9.96. The number of rotatable bonds is 0. The zero-order valence-electron chi connectivity index (χ0n) is 5.69. The molecule has 0 heterocycles. The first-order valence-corrected chi connectivity index (χ1v) is 5.49. The van der Waals surface area contributed by atoms with Gasteiger partial charge in [0.25, 0.3) is 0 Å². The first-order chi connectivity index (χ1) is 4.77.